The molecular formula is C24H37ClO3S. The van der Waals surface area contributed by atoms with Gasteiger partial charge in [-0.05, 0) is 52.7 Å². The highest BCUT2D eigenvalue weighted by Crippen LogP contribution is 2.45. The van der Waals surface area contributed by atoms with Crippen LogP contribution < -0.4 is 0 Å². The standard InChI is InChI=1S/C24H37ClO3S/c1-19-12-14-20(15-13-19)29(27)22(25)24(18-21(26)28-23(2,3)4)16-10-8-6-5-7-9-11-17-24/h12-15,22H,5-11,16-18H2,1-4H3. The third-order valence-electron chi connectivity index (χ3n) is 5.69. The first kappa shape index (κ1) is 24.4. The molecule has 0 amide bonds. The fourth-order valence-electron chi connectivity index (χ4n) is 4.13. The first-order valence-electron chi connectivity index (χ1n) is 11.0. The lowest BCUT2D eigenvalue weighted by atomic mass is 9.76. The molecule has 3 nitrogen and oxygen atoms in total. The maximum Gasteiger partial charge on any atom is 0.306 e. The van der Waals surface area contributed by atoms with Gasteiger partial charge in [0.2, 0.25) is 0 Å². The molecule has 0 aromatic heterocycles. The van der Waals surface area contributed by atoms with E-state index < -0.39 is 26.5 Å². The van der Waals surface area contributed by atoms with Crippen LogP contribution in [0.1, 0.15) is 90.5 Å². The van der Waals surface area contributed by atoms with E-state index in [0.717, 1.165) is 49.0 Å². The highest BCUT2D eigenvalue weighted by atomic mass is 35.5. The van der Waals surface area contributed by atoms with Gasteiger partial charge >= 0.3 is 5.97 Å². The second kappa shape index (κ2) is 10.9. The molecule has 0 aliphatic heterocycles. The maximum atomic E-state index is 13.4. The number of rotatable bonds is 5. The monoisotopic (exact) mass is 440 g/mol. The number of carbonyl (C=O) groups is 1. The van der Waals surface area contributed by atoms with Crippen LogP contribution in [0.3, 0.4) is 0 Å². The summed E-state index contributed by atoms with van der Waals surface area (Å²) in [5.74, 6) is -0.235. The number of hydrogen-bond donors (Lipinski definition) is 0. The van der Waals surface area contributed by atoms with E-state index in [2.05, 4.69) is 0 Å². The van der Waals surface area contributed by atoms with Gasteiger partial charge in [0.1, 0.15) is 10.3 Å². The van der Waals surface area contributed by atoms with E-state index in [1.807, 2.05) is 52.0 Å². The van der Waals surface area contributed by atoms with E-state index in [1.165, 1.54) is 19.3 Å². The van der Waals surface area contributed by atoms with Crippen molar-refractivity contribution in [3.8, 4) is 0 Å². The highest BCUT2D eigenvalue weighted by Gasteiger charge is 2.43. The molecule has 2 rings (SSSR count). The number of ether oxygens (including phenoxy) is 1. The summed E-state index contributed by atoms with van der Waals surface area (Å²) < 4.78 is 18.4. The molecule has 1 aliphatic rings. The van der Waals surface area contributed by atoms with Crippen molar-refractivity contribution in [2.75, 3.05) is 0 Å². The van der Waals surface area contributed by atoms with Crippen molar-refractivity contribution in [1.82, 2.24) is 0 Å². The molecule has 164 valence electrons. The summed E-state index contributed by atoms with van der Waals surface area (Å²) in [5, 5.41) is 0. The molecule has 0 N–H and O–H groups in total. The van der Waals surface area contributed by atoms with Gasteiger partial charge in [0.05, 0.1) is 17.2 Å². The average molecular weight is 441 g/mol. The van der Waals surface area contributed by atoms with Crippen LogP contribution >= 0.6 is 11.6 Å². The van der Waals surface area contributed by atoms with Gasteiger partial charge in [0, 0.05) is 10.3 Å². The second-order valence-corrected chi connectivity index (χ2v) is 11.8. The molecule has 1 aromatic rings. The first-order chi connectivity index (χ1) is 13.6. The zero-order valence-electron chi connectivity index (χ0n) is 18.5. The summed E-state index contributed by atoms with van der Waals surface area (Å²) in [6, 6.07) is 7.71. The lowest BCUT2D eigenvalue weighted by Crippen LogP contribution is -2.39. The zero-order valence-corrected chi connectivity index (χ0v) is 20.0. The fraction of sp³-hybridized carbons (Fsp3) is 0.708. The second-order valence-electron chi connectivity index (χ2n) is 9.53. The lowest BCUT2D eigenvalue weighted by molar-refractivity contribution is -0.157. The Morgan fingerprint density at radius 2 is 1.52 bits per heavy atom. The number of alkyl halides is 1. The minimum absolute atomic E-state index is 0.232. The van der Waals surface area contributed by atoms with Crippen molar-refractivity contribution in [3.63, 3.8) is 0 Å². The maximum absolute atomic E-state index is 13.4. The largest absolute Gasteiger partial charge is 0.460 e. The minimum Gasteiger partial charge on any atom is -0.460 e. The Hall–Kier alpha value is -0.870. The molecular weight excluding hydrogens is 404 g/mol. The molecule has 29 heavy (non-hydrogen) atoms. The van der Waals surface area contributed by atoms with E-state index in [4.69, 9.17) is 16.3 Å². The quantitative estimate of drug-likeness (QED) is 0.369. The molecule has 1 aromatic carbocycles. The van der Waals surface area contributed by atoms with Crippen molar-refractivity contribution in [2.45, 2.75) is 107 Å². The Morgan fingerprint density at radius 1 is 1.03 bits per heavy atom. The van der Waals surface area contributed by atoms with Crippen molar-refractivity contribution >= 4 is 28.4 Å². The third kappa shape index (κ3) is 7.71. The van der Waals surface area contributed by atoms with Gasteiger partial charge < -0.3 is 4.74 Å². The number of esters is 1. The van der Waals surface area contributed by atoms with Gasteiger partial charge in [0.15, 0.2) is 0 Å². The predicted molar refractivity (Wildman–Crippen MR) is 122 cm³/mol. The van der Waals surface area contributed by atoms with E-state index in [9.17, 15) is 9.00 Å². The fourth-order valence-corrected chi connectivity index (χ4v) is 6.15. The summed E-state index contributed by atoms with van der Waals surface area (Å²) in [4.78, 5) is 13.5. The summed E-state index contributed by atoms with van der Waals surface area (Å²) in [5.41, 5.74) is 0.0856. The van der Waals surface area contributed by atoms with Crippen LogP contribution in [-0.2, 0) is 20.3 Å². The molecule has 0 spiro atoms. The van der Waals surface area contributed by atoms with E-state index in [1.54, 1.807) is 0 Å². The molecule has 1 fully saturated rings. The van der Waals surface area contributed by atoms with Crippen LogP contribution in [0.4, 0.5) is 0 Å². The molecule has 0 heterocycles. The third-order valence-corrected chi connectivity index (χ3v) is 8.25. The Balaban J connectivity index is 2.30. The van der Waals surface area contributed by atoms with Crippen molar-refractivity contribution in [1.29, 1.82) is 0 Å². The summed E-state index contributed by atoms with van der Waals surface area (Å²) in [6.45, 7) is 7.66. The van der Waals surface area contributed by atoms with Crippen molar-refractivity contribution in [3.05, 3.63) is 29.8 Å². The van der Waals surface area contributed by atoms with Gasteiger partial charge in [-0.15, -0.1) is 11.6 Å². The van der Waals surface area contributed by atoms with Crippen LogP contribution in [0.25, 0.3) is 0 Å². The summed E-state index contributed by atoms with van der Waals surface area (Å²) in [7, 11) is -1.38. The van der Waals surface area contributed by atoms with Gasteiger partial charge in [-0.3, -0.25) is 9.00 Å². The summed E-state index contributed by atoms with van der Waals surface area (Å²) >= 11 is 6.97. The molecule has 0 bridgehead atoms. The average Bonchev–Trinajstić information content (AvgIpc) is 2.64. The number of carbonyl (C=O) groups excluding carboxylic acids is 1. The SMILES string of the molecule is Cc1ccc(S(=O)C(Cl)C2(CC(=O)OC(C)(C)C)CCCCCCCCC2)cc1. The minimum atomic E-state index is -1.38. The Bertz CT molecular complexity index is 668. The van der Waals surface area contributed by atoms with Gasteiger partial charge in [-0.25, -0.2) is 0 Å². The molecule has 2 unspecified atom stereocenters. The normalized spacial score (nSPS) is 20.4. The smallest absolute Gasteiger partial charge is 0.306 e. The Kier molecular flexibility index (Phi) is 9.21. The first-order valence-corrected chi connectivity index (χ1v) is 12.6. The number of hydrogen-bond acceptors (Lipinski definition) is 3. The van der Waals surface area contributed by atoms with Crippen LogP contribution in [0.2, 0.25) is 0 Å². The predicted octanol–water partition coefficient (Wildman–Crippen LogP) is 6.91. The van der Waals surface area contributed by atoms with Gasteiger partial charge in [-0.2, -0.15) is 0 Å². The van der Waals surface area contributed by atoms with E-state index in [-0.39, 0.29) is 12.4 Å². The molecule has 2 atom stereocenters. The van der Waals surface area contributed by atoms with Gasteiger partial charge in [0.25, 0.3) is 0 Å². The van der Waals surface area contributed by atoms with E-state index >= 15 is 0 Å². The van der Waals surface area contributed by atoms with Crippen LogP contribution in [0, 0.1) is 12.3 Å². The Morgan fingerprint density at radius 3 is 2.00 bits per heavy atom. The molecule has 1 aliphatic carbocycles. The topological polar surface area (TPSA) is 43.4 Å². The number of benzene rings is 1. The number of halogens is 1. The van der Waals surface area contributed by atoms with Crippen LogP contribution in [0.15, 0.2) is 29.2 Å². The number of aryl methyl sites for hydroxylation is 1. The Labute approximate surface area is 184 Å². The molecule has 0 radical (unpaired) electrons. The lowest BCUT2D eigenvalue weighted by Gasteiger charge is -2.38. The zero-order chi connectivity index (χ0) is 21.5. The van der Waals surface area contributed by atoms with Crippen LogP contribution in [-0.4, -0.2) is 20.5 Å². The summed E-state index contributed by atoms with van der Waals surface area (Å²) in [6.07, 6.45) is 9.87. The van der Waals surface area contributed by atoms with Crippen LogP contribution in [0.5, 0.6) is 0 Å². The van der Waals surface area contributed by atoms with E-state index in [0.29, 0.717) is 0 Å². The molecule has 5 heteroatoms. The highest BCUT2D eigenvalue weighted by molar-refractivity contribution is 7.87. The van der Waals surface area contributed by atoms with Crippen molar-refractivity contribution < 1.29 is 13.7 Å². The molecule has 0 saturated heterocycles. The molecule has 1 saturated carbocycles. The van der Waals surface area contributed by atoms with Gasteiger partial charge in [-0.1, -0.05) is 62.6 Å². The van der Waals surface area contributed by atoms with Crippen molar-refractivity contribution in [2.24, 2.45) is 5.41 Å².